The third-order valence-electron chi connectivity index (χ3n) is 3.83. The maximum absolute atomic E-state index is 12.3. The van der Waals surface area contributed by atoms with Crippen LogP contribution >= 0.6 is 0 Å². The molecule has 20 heavy (non-hydrogen) atoms. The zero-order valence-electron chi connectivity index (χ0n) is 11.6. The maximum Gasteiger partial charge on any atom is 0.318 e. The van der Waals surface area contributed by atoms with Crippen LogP contribution in [0, 0.1) is 0 Å². The van der Waals surface area contributed by atoms with Crippen LogP contribution in [0.4, 0.5) is 4.79 Å². The van der Waals surface area contributed by atoms with Gasteiger partial charge in [-0.15, -0.1) is 0 Å². The van der Waals surface area contributed by atoms with E-state index in [0.29, 0.717) is 6.54 Å². The average Bonchev–Trinajstić information content (AvgIpc) is 3.16. The lowest BCUT2D eigenvalue weighted by Crippen LogP contribution is -2.39. The first-order chi connectivity index (χ1) is 9.75. The summed E-state index contributed by atoms with van der Waals surface area (Å²) in [6, 6.07) is 7.94. The lowest BCUT2D eigenvalue weighted by atomic mass is 10.1. The van der Waals surface area contributed by atoms with Gasteiger partial charge in [0.2, 0.25) is 0 Å². The molecule has 0 saturated carbocycles. The smallest absolute Gasteiger partial charge is 0.318 e. The minimum atomic E-state index is -0.0231. The summed E-state index contributed by atoms with van der Waals surface area (Å²) in [4.78, 5) is 14.2. The molecular formula is C15H19N3O2. The van der Waals surface area contributed by atoms with Gasteiger partial charge in [0.15, 0.2) is 0 Å². The number of aryl methyl sites for hydroxylation is 1. The van der Waals surface area contributed by atoms with Crippen LogP contribution in [-0.2, 0) is 13.6 Å². The van der Waals surface area contributed by atoms with Crippen molar-refractivity contribution >= 4 is 6.03 Å². The van der Waals surface area contributed by atoms with Crippen molar-refractivity contribution in [2.45, 2.75) is 25.4 Å². The quantitative estimate of drug-likeness (QED) is 0.934. The predicted molar refractivity (Wildman–Crippen MR) is 75.0 cm³/mol. The van der Waals surface area contributed by atoms with Gasteiger partial charge in [-0.1, -0.05) is 0 Å². The molecule has 1 atom stereocenters. The molecule has 0 aromatic carbocycles. The predicted octanol–water partition coefficient (Wildman–Crippen LogP) is 2.66. The zero-order valence-corrected chi connectivity index (χ0v) is 11.6. The van der Waals surface area contributed by atoms with Gasteiger partial charge in [0, 0.05) is 25.5 Å². The molecule has 1 aliphatic rings. The summed E-state index contributed by atoms with van der Waals surface area (Å²) in [6.07, 6.45) is 5.70. The molecule has 3 heterocycles. The van der Waals surface area contributed by atoms with Gasteiger partial charge in [0.1, 0.15) is 5.76 Å². The molecule has 2 amide bonds. The molecule has 106 valence electrons. The van der Waals surface area contributed by atoms with Crippen molar-refractivity contribution in [1.82, 2.24) is 14.8 Å². The van der Waals surface area contributed by atoms with Crippen LogP contribution in [0.25, 0.3) is 0 Å². The van der Waals surface area contributed by atoms with E-state index in [1.165, 1.54) is 5.69 Å². The Morgan fingerprint density at radius 3 is 3.05 bits per heavy atom. The number of urea groups is 1. The molecule has 5 heteroatoms. The summed E-state index contributed by atoms with van der Waals surface area (Å²) in [7, 11) is 2.02. The topological polar surface area (TPSA) is 50.4 Å². The highest BCUT2D eigenvalue weighted by Crippen LogP contribution is 2.31. The van der Waals surface area contributed by atoms with Gasteiger partial charge in [0.25, 0.3) is 0 Å². The van der Waals surface area contributed by atoms with Crippen molar-refractivity contribution in [3.8, 4) is 0 Å². The molecule has 1 N–H and O–H groups in total. The SMILES string of the molecule is Cn1cccc1C1CCCN1C(=O)NCc1ccco1. The van der Waals surface area contributed by atoms with Gasteiger partial charge in [0.05, 0.1) is 18.8 Å². The summed E-state index contributed by atoms with van der Waals surface area (Å²) in [5.41, 5.74) is 1.19. The number of hydrogen-bond acceptors (Lipinski definition) is 2. The second-order valence-corrected chi connectivity index (χ2v) is 5.13. The first-order valence-electron chi connectivity index (χ1n) is 6.94. The van der Waals surface area contributed by atoms with E-state index in [1.54, 1.807) is 6.26 Å². The summed E-state index contributed by atoms with van der Waals surface area (Å²) >= 11 is 0. The highest BCUT2D eigenvalue weighted by molar-refractivity contribution is 5.75. The maximum atomic E-state index is 12.3. The summed E-state index contributed by atoms with van der Waals surface area (Å²) in [5, 5.41) is 2.92. The van der Waals surface area contributed by atoms with E-state index in [4.69, 9.17) is 4.42 Å². The number of carbonyl (C=O) groups excluding carboxylic acids is 1. The van der Waals surface area contributed by atoms with Crippen LogP contribution in [-0.4, -0.2) is 22.0 Å². The summed E-state index contributed by atoms with van der Waals surface area (Å²) < 4.78 is 7.31. The molecule has 0 radical (unpaired) electrons. The second kappa shape index (κ2) is 5.45. The number of amides is 2. The van der Waals surface area contributed by atoms with Gasteiger partial charge in [-0.05, 0) is 37.1 Å². The normalized spacial score (nSPS) is 18.4. The molecule has 3 rings (SSSR count). The third kappa shape index (κ3) is 2.43. The van der Waals surface area contributed by atoms with Crippen molar-refractivity contribution in [2.75, 3.05) is 6.54 Å². The van der Waals surface area contributed by atoms with Crippen molar-refractivity contribution in [3.63, 3.8) is 0 Å². The third-order valence-corrected chi connectivity index (χ3v) is 3.83. The Kier molecular flexibility index (Phi) is 3.50. The highest BCUT2D eigenvalue weighted by Gasteiger charge is 2.31. The van der Waals surface area contributed by atoms with E-state index in [9.17, 15) is 4.79 Å². The Balaban J connectivity index is 1.66. The molecule has 1 saturated heterocycles. The molecule has 5 nitrogen and oxygen atoms in total. The number of rotatable bonds is 3. The van der Waals surface area contributed by atoms with E-state index in [-0.39, 0.29) is 12.1 Å². The molecule has 0 aliphatic carbocycles. The Morgan fingerprint density at radius 1 is 1.45 bits per heavy atom. The lowest BCUT2D eigenvalue weighted by molar-refractivity contribution is 0.190. The standard InChI is InChI=1S/C15H19N3O2/c1-17-8-2-6-13(17)14-7-3-9-18(14)15(19)16-11-12-5-4-10-20-12/h2,4-6,8,10,14H,3,7,9,11H2,1H3,(H,16,19). The summed E-state index contributed by atoms with van der Waals surface area (Å²) in [5.74, 6) is 0.771. The van der Waals surface area contributed by atoms with Crippen molar-refractivity contribution in [2.24, 2.45) is 7.05 Å². The van der Waals surface area contributed by atoms with E-state index in [0.717, 1.165) is 25.1 Å². The minimum absolute atomic E-state index is 0.0231. The zero-order chi connectivity index (χ0) is 13.9. The Bertz CT molecular complexity index is 574. The number of likely N-dealkylation sites (tertiary alicyclic amines) is 1. The second-order valence-electron chi connectivity index (χ2n) is 5.13. The number of carbonyl (C=O) groups is 1. The monoisotopic (exact) mass is 273 g/mol. The molecule has 1 unspecified atom stereocenters. The largest absolute Gasteiger partial charge is 0.467 e. The summed E-state index contributed by atoms with van der Waals surface area (Å²) in [6.45, 7) is 1.24. The van der Waals surface area contributed by atoms with Gasteiger partial charge in [-0.25, -0.2) is 4.79 Å². The van der Waals surface area contributed by atoms with Crippen molar-refractivity contribution in [3.05, 3.63) is 48.2 Å². The van der Waals surface area contributed by atoms with Crippen LogP contribution in [0.5, 0.6) is 0 Å². The van der Waals surface area contributed by atoms with E-state index in [1.807, 2.05) is 36.3 Å². The number of hydrogen-bond donors (Lipinski definition) is 1. The average molecular weight is 273 g/mol. The fourth-order valence-electron chi connectivity index (χ4n) is 2.82. The van der Waals surface area contributed by atoms with Gasteiger partial charge < -0.3 is 19.2 Å². The molecule has 0 bridgehead atoms. The van der Waals surface area contributed by atoms with Crippen LogP contribution < -0.4 is 5.32 Å². The number of nitrogens with one attached hydrogen (secondary N) is 1. The van der Waals surface area contributed by atoms with E-state index in [2.05, 4.69) is 16.0 Å². The molecule has 1 fully saturated rings. The highest BCUT2D eigenvalue weighted by atomic mass is 16.3. The van der Waals surface area contributed by atoms with Crippen LogP contribution in [0.15, 0.2) is 41.1 Å². The van der Waals surface area contributed by atoms with Crippen LogP contribution in [0.2, 0.25) is 0 Å². The minimum Gasteiger partial charge on any atom is -0.467 e. The van der Waals surface area contributed by atoms with Crippen LogP contribution in [0.3, 0.4) is 0 Å². The fraction of sp³-hybridized carbons (Fsp3) is 0.400. The van der Waals surface area contributed by atoms with Gasteiger partial charge >= 0.3 is 6.03 Å². The number of furan rings is 1. The Labute approximate surface area is 118 Å². The Morgan fingerprint density at radius 2 is 2.35 bits per heavy atom. The van der Waals surface area contributed by atoms with Crippen LogP contribution in [0.1, 0.15) is 30.3 Å². The lowest BCUT2D eigenvalue weighted by Gasteiger charge is -2.25. The first-order valence-corrected chi connectivity index (χ1v) is 6.94. The number of aromatic nitrogens is 1. The van der Waals surface area contributed by atoms with Gasteiger partial charge in [-0.3, -0.25) is 0 Å². The molecule has 2 aromatic rings. The van der Waals surface area contributed by atoms with Crippen molar-refractivity contribution in [1.29, 1.82) is 0 Å². The fourth-order valence-corrected chi connectivity index (χ4v) is 2.82. The van der Waals surface area contributed by atoms with Gasteiger partial charge in [-0.2, -0.15) is 0 Å². The number of nitrogens with zero attached hydrogens (tertiary/aromatic N) is 2. The Hall–Kier alpha value is -2.17. The molecule has 1 aliphatic heterocycles. The van der Waals surface area contributed by atoms with Crippen molar-refractivity contribution < 1.29 is 9.21 Å². The van der Waals surface area contributed by atoms with E-state index < -0.39 is 0 Å². The van der Waals surface area contributed by atoms with E-state index >= 15 is 0 Å². The molecule has 2 aromatic heterocycles. The first kappa shape index (κ1) is 12.8. The molecular weight excluding hydrogens is 254 g/mol. The molecule has 0 spiro atoms.